The molecular formula is C21H20OS. The molecule has 3 rings (SSSR count). The minimum absolute atomic E-state index is 0.0327. The Labute approximate surface area is 142 Å². The van der Waals surface area contributed by atoms with Crippen LogP contribution in [-0.4, -0.2) is 10.4 Å². The van der Waals surface area contributed by atoms with Crippen molar-refractivity contribution in [3.63, 3.8) is 0 Å². The molecule has 1 atom stereocenters. The highest BCUT2D eigenvalue weighted by molar-refractivity contribution is 8.00. The van der Waals surface area contributed by atoms with Crippen LogP contribution >= 0.6 is 11.8 Å². The fraction of sp³-hybridized carbons (Fsp3) is 0.143. The van der Waals surface area contributed by atoms with Gasteiger partial charge in [-0.15, -0.1) is 11.8 Å². The molecule has 116 valence electrons. The molecule has 0 bridgehead atoms. The Morgan fingerprint density at radius 1 is 0.696 bits per heavy atom. The van der Waals surface area contributed by atoms with Crippen molar-refractivity contribution in [2.24, 2.45) is 0 Å². The van der Waals surface area contributed by atoms with Crippen LogP contribution in [0.2, 0.25) is 0 Å². The summed E-state index contributed by atoms with van der Waals surface area (Å²) in [5.74, 6) is 0. The molecule has 0 aromatic heterocycles. The van der Waals surface area contributed by atoms with Crippen molar-refractivity contribution in [3.05, 3.63) is 102 Å². The maximum atomic E-state index is 11.7. The second-order valence-electron chi connectivity index (χ2n) is 5.57. The quantitative estimate of drug-likeness (QED) is 0.660. The lowest BCUT2D eigenvalue weighted by Gasteiger charge is -2.35. The minimum atomic E-state index is -1.04. The molecule has 2 heteroatoms. The maximum absolute atomic E-state index is 11.7. The summed E-state index contributed by atoms with van der Waals surface area (Å²) in [5, 5.41) is 11.6. The van der Waals surface area contributed by atoms with Crippen molar-refractivity contribution in [2.75, 3.05) is 0 Å². The average molecular weight is 320 g/mol. The Kier molecular flexibility index (Phi) is 4.85. The number of rotatable bonds is 5. The first kappa shape index (κ1) is 15.9. The lowest BCUT2D eigenvalue weighted by molar-refractivity contribution is 0.0826. The highest BCUT2D eigenvalue weighted by Gasteiger charge is 2.38. The van der Waals surface area contributed by atoms with Gasteiger partial charge >= 0.3 is 0 Å². The van der Waals surface area contributed by atoms with Gasteiger partial charge in [0.15, 0.2) is 0 Å². The van der Waals surface area contributed by atoms with E-state index in [1.165, 1.54) is 0 Å². The second kappa shape index (κ2) is 7.03. The number of benzene rings is 3. The van der Waals surface area contributed by atoms with E-state index in [0.717, 1.165) is 16.0 Å². The summed E-state index contributed by atoms with van der Waals surface area (Å²) in [7, 11) is 0. The van der Waals surface area contributed by atoms with Gasteiger partial charge in [-0.2, -0.15) is 0 Å². The Balaban J connectivity index is 2.02. The zero-order valence-electron chi connectivity index (χ0n) is 13.1. The number of hydrogen-bond donors (Lipinski definition) is 1. The van der Waals surface area contributed by atoms with Gasteiger partial charge in [-0.3, -0.25) is 0 Å². The van der Waals surface area contributed by atoms with Crippen molar-refractivity contribution < 1.29 is 5.11 Å². The summed E-state index contributed by atoms with van der Waals surface area (Å²) in [4.78, 5) is 1.16. The standard InChI is InChI=1S/C21H20OS/c1-17(23-20-15-9-4-10-16-20)21(22,18-11-5-2-6-12-18)19-13-7-3-8-14-19/h2-17,22H,1H3. The SMILES string of the molecule is CC(Sc1ccccc1)C(O)(c1ccccc1)c1ccccc1. The molecule has 0 saturated carbocycles. The van der Waals surface area contributed by atoms with E-state index < -0.39 is 5.60 Å². The zero-order valence-corrected chi connectivity index (χ0v) is 13.9. The van der Waals surface area contributed by atoms with E-state index in [2.05, 4.69) is 19.1 Å². The Bertz CT molecular complexity index is 686. The Morgan fingerprint density at radius 2 is 1.09 bits per heavy atom. The van der Waals surface area contributed by atoms with Crippen LogP contribution in [0.15, 0.2) is 95.9 Å². The lowest BCUT2D eigenvalue weighted by Crippen LogP contribution is -2.37. The van der Waals surface area contributed by atoms with E-state index in [0.29, 0.717) is 0 Å². The van der Waals surface area contributed by atoms with E-state index in [-0.39, 0.29) is 5.25 Å². The molecule has 0 heterocycles. The number of thioether (sulfide) groups is 1. The van der Waals surface area contributed by atoms with Crippen LogP contribution in [0.4, 0.5) is 0 Å². The highest BCUT2D eigenvalue weighted by Crippen LogP contribution is 2.41. The summed E-state index contributed by atoms with van der Waals surface area (Å²) in [6.45, 7) is 2.08. The van der Waals surface area contributed by atoms with Gasteiger partial charge in [-0.25, -0.2) is 0 Å². The Hall–Kier alpha value is -2.03. The molecule has 3 aromatic carbocycles. The van der Waals surface area contributed by atoms with Gasteiger partial charge in [0.1, 0.15) is 5.60 Å². The smallest absolute Gasteiger partial charge is 0.126 e. The third-order valence-electron chi connectivity index (χ3n) is 4.07. The molecule has 0 spiro atoms. The summed E-state index contributed by atoms with van der Waals surface area (Å²) >= 11 is 1.69. The molecule has 0 amide bonds. The van der Waals surface area contributed by atoms with Gasteiger partial charge in [-0.05, 0) is 30.2 Å². The van der Waals surface area contributed by atoms with Crippen LogP contribution in [0, 0.1) is 0 Å². The molecule has 1 N–H and O–H groups in total. The molecule has 0 aliphatic carbocycles. The lowest BCUT2D eigenvalue weighted by atomic mass is 9.84. The van der Waals surface area contributed by atoms with Gasteiger partial charge in [0, 0.05) is 10.1 Å². The first-order chi connectivity index (χ1) is 11.2. The highest BCUT2D eigenvalue weighted by atomic mass is 32.2. The van der Waals surface area contributed by atoms with Crippen LogP contribution in [0.25, 0.3) is 0 Å². The van der Waals surface area contributed by atoms with E-state index in [1.807, 2.05) is 78.9 Å². The second-order valence-corrected chi connectivity index (χ2v) is 6.99. The normalized spacial score (nSPS) is 12.8. The molecule has 0 saturated heterocycles. The van der Waals surface area contributed by atoms with Crippen LogP contribution < -0.4 is 0 Å². The van der Waals surface area contributed by atoms with Crippen LogP contribution in [0.5, 0.6) is 0 Å². The summed E-state index contributed by atoms with van der Waals surface area (Å²) in [6, 6.07) is 30.1. The molecular weight excluding hydrogens is 300 g/mol. The van der Waals surface area contributed by atoms with Gasteiger partial charge in [-0.1, -0.05) is 78.9 Å². The van der Waals surface area contributed by atoms with Crippen LogP contribution in [0.3, 0.4) is 0 Å². The molecule has 0 aliphatic rings. The molecule has 1 unspecified atom stereocenters. The van der Waals surface area contributed by atoms with Gasteiger partial charge < -0.3 is 5.11 Å². The summed E-state index contributed by atoms with van der Waals surface area (Å²) < 4.78 is 0. The van der Waals surface area contributed by atoms with Crippen molar-refractivity contribution in [2.45, 2.75) is 22.7 Å². The third-order valence-corrected chi connectivity index (χ3v) is 5.31. The summed E-state index contributed by atoms with van der Waals surface area (Å²) in [5.41, 5.74) is 0.799. The Morgan fingerprint density at radius 3 is 1.52 bits per heavy atom. The van der Waals surface area contributed by atoms with E-state index >= 15 is 0 Å². The summed E-state index contributed by atoms with van der Waals surface area (Å²) in [6.07, 6.45) is 0. The van der Waals surface area contributed by atoms with Crippen molar-refractivity contribution in [1.82, 2.24) is 0 Å². The van der Waals surface area contributed by atoms with Crippen molar-refractivity contribution >= 4 is 11.8 Å². The van der Waals surface area contributed by atoms with Crippen LogP contribution in [-0.2, 0) is 5.60 Å². The fourth-order valence-electron chi connectivity index (χ4n) is 2.81. The minimum Gasteiger partial charge on any atom is -0.379 e. The molecule has 1 nitrogen and oxygen atoms in total. The molecule has 23 heavy (non-hydrogen) atoms. The monoisotopic (exact) mass is 320 g/mol. The first-order valence-electron chi connectivity index (χ1n) is 7.76. The molecule has 0 aliphatic heterocycles. The van der Waals surface area contributed by atoms with Gasteiger partial charge in [0.05, 0.1) is 0 Å². The molecule has 0 radical (unpaired) electrons. The average Bonchev–Trinajstić information content (AvgIpc) is 2.63. The van der Waals surface area contributed by atoms with E-state index in [9.17, 15) is 5.11 Å². The number of aliphatic hydroxyl groups is 1. The largest absolute Gasteiger partial charge is 0.379 e. The molecule has 3 aromatic rings. The first-order valence-corrected chi connectivity index (χ1v) is 8.64. The van der Waals surface area contributed by atoms with E-state index in [1.54, 1.807) is 11.8 Å². The zero-order chi connectivity index (χ0) is 16.1. The van der Waals surface area contributed by atoms with Crippen molar-refractivity contribution in [1.29, 1.82) is 0 Å². The predicted octanol–water partition coefficient (Wildman–Crippen LogP) is 5.10. The topological polar surface area (TPSA) is 20.2 Å². The van der Waals surface area contributed by atoms with Gasteiger partial charge in [0.2, 0.25) is 0 Å². The van der Waals surface area contributed by atoms with Crippen LogP contribution in [0.1, 0.15) is 18.1 Å². The molecule has 0 fully saturated rings. The predicted molar refractivity (Wildman–Crippen MR) is 97.6 cm³/mol. The van der Waals surface area contributed by atoms with Gasteiger partial charge in [0.25, 0.3) is 0 Å². The fourth-order valence-corrected chi connectivity index (χ4v) is 3.97. The third kappa shape index (κ3) is 3.34. The van der Waals surface area contributed by atoms with Crippen molar-refractivity contribution in [3.8, 4) is 0 Å². The van der Waals surface area contributed by atoms with E-state index in [4.69, 9.17) is 0 Å². The number of hydrogen-bond acceptors (Lipinski definition) is 2. The maximum Gasteiger partial charge on any atom is 0.126 e.